The average molecular weight is 534 g/mol. The third-order valence-electron chi connectivity index (χ3n) is 6.58. The Morgan fingerprint density at radius 2 is 2.05 bits per heavy atom. The second kappa shape index (κ2) is 12.0. The fourth-order valence-electron chi connectivity index (χ4n) is 4.60. The predicted molar refractivity (Wildman–Crippen MR) is 149 cm³/mol. The Hall–Kier alpha value is -5.35. The van der Waals surface area contributed by atoms with Crippen LogP contribution in [0.15, 0.2) is 67.5 Å². The number of hydrogen-bond acceptors (Lipinski definition) is 8. The number of likely N-dealkylation sites (tertiary alicyclic amines) is 1. The molecule has 0 bridgehead atoms. The standard InChI is InChI=1S/C30H27N7O3/c1-2-27(38)36-14-6-10-23(18-36)37-30-28(29(32)33-20-34-30)25(35-37)11-7-15-39-24-13-12-22(17-31)26(16-24)40-19-21-8-4-3-5-9-21/h2-5,8-9,12-13,16,20,23H,1,6,10,14-15,18-19H2,(H2,32,33,34)/t23-/m1/s1. The van der Waals surface area contributed by atoms with Crippen molar-refractivity contribution in [3.05, 3.63) is 84.3 Å². The van der Waals surface area contributed by atoms with Gasteiger partial charge in [0.05, 0.1) is 17.0 Å². The molecule has 0 spiro atoms. The highest BCUT2D eigenvalue weighted by Gasteiger charge is 2.27. The smallest absolute Gasteiger partial charge is 0.246 e. The van der Waals surface area contributed by atoms with Crippen LogP contribution in [0.1, 0.15) is 35.7 Å². The molecule has 2 aromatic heterocycles. The quantitative estimate of drug-likeness (QED) is 0.281. The summed E-state index contributed by atoms with van der Waals surface area (Å²) in [5.74, 6) is 7.15. The first-order chi connectivity index (χ1) is 19.6. The maximum absolute atomic E-state index is 12.2. The summed E-state index contributed by atoms with van der Waals surface area (Å²) in [6.45, 7) is 5.17. The number of carbonyl (C=O) groups is 1. The number of hydrogen-bond donors (Lipinski definition) is 1. The minimum Gasteiger partial charge on any atom is -0.487 e. The molecule has 1 atom stereocenters. The van der Waals surface area contributed by atoms with E-state index in [2.05, 4.69) is 34.5 Å². The van der Waals surface area contributed by atoms with Crippen molar-refractivity contribution in [2.45, 2.75) is 25.5 Å². The van der Waals surface area contributed by atoms with Crippen LogP contribution in [0, 0.1) is 23.2 Å². The molecule has 2 N–H and O–H groups in total. The molecule has 4 aromatic rings. The number of nitrogens with zero attached hydrogens (tertiary/aromatic N) is 6. The van der Waals surface area contributed by atoms with E-state index in [0.717, 1.165) is 18.4 Å². The van der Waals surface area contributed by atoms with Gasteiger partial charge in [-0.1, -0.05) is 42.8 Å². The maximum Gasteiger partial charge on any atom is 0.246 e. The first kappa shape index (κ1) is 26.3. The van der Waals surface area contributed by atoms with Crippen molar-refractivity contribution >= 4 is 22.8 Å². The number of carbonyl (C=O) groups excluding carboxylic acids is 1. The molecule has 0 unspecified atom stereocenters. The second-order valence-corrected chi connectivity index (χ2v) is 9.17. The summed E-state index contributed by atoms with van der Waals surface area (Å²) in [4.78, 5) is 22.5. The minimum absolute atomic E-state index is 0.0665. The SMILES string of the molecule is C=CC(=O)N1CCC[C@@H](n2nc(C#CCOc3ccc(C#N)c(OCc4ccccc4)c3)c3c(N)ncnc32)C1. The number of piperidine rings is 1. The second-order valence-electron chi connectivity index (χ2n) is 9.17. The Labute approximate surface area is 231 Å². The summed E-state index contributed by atoms with van der Waals surface area (Å²) in [6, 6.07) is 16.8. The van der Waals surface area contributed by atoms with Crippen molar-refractivity contribution < 1.29 is 14.3 Å². The summed E-state index contributed by atoms with van der Waals surface area (Å²) in [5, 5.41) is 14.7. The molecule has 1 fully saturated rings. The van der Waals surface area contributed by atoms with Gasteiger partial charge < -0.3 is 20.1 Å². The molecule has 1 aliphatic heterocycles. The van der Waals surface area contributed by atoms with Gasteiger partial charge in [-0.05, 0) is 42.5 Å². The van der Waals surface area contributed by atoms with E-state index >= 15 is 0 Å². The van der Waals surface area contributed by atoms with Gasteiger partial charge in [-0.2, -0.15) is 10.4 Å². The molecule has 40 heavy (non-hydrogen) atoms. The van der Waals surface area contributed by atoms with Crippen LogP contribution in [0.2, 0.25) is 0 Å². The summed E-state index contributed by atoms with van der Waals surface area (Å²) in [6.07, 6.45) is 4.40. The van der Waals surface area contributed by atoms with E-state index in [0.29, 0.717) is 53.5 Å². The van der Waals surface area contributed by atoms with E-state index < -0.39 is 0 Å². The number of amides is 1. The highest BCUT2D eigenvalue weighted by Crippen LogP contribution is 2.29. The van der Waals surface area contributed by atoms with Crippen LogP contribution in [0.25, 0.3) is 11.0 Å². The first-order valence-corrected chi connectivity index (χ1v) is 12.8. The lowest BCUT2D eigenvalue weighted by Crippen LogP contribution is -2.40. The molecule has 1 amide bonds. The van der Waals surface area contributed by atoms with Gasteiger partial charge in [-0.3, -0.25) is 4.79 Å². The minimum atomic E-state index is -0.108. The molecule has 2 aromatic carbocycles. The lowest BCUT2D eigenvalue weighted by Gasteiger charge is -2.32. The van der Waals surface area contributed by atoms with Gasteiger partial charge in [0.2, 0.25) is 5.91 Å². The zero-order chi connectivity index (χ0) is 27.9. The molecule has 0 radical (unpaired) electrons. The van der Waals surface area contributed by atoms with Crippen LogP contribution in [0.5, 0.6) is 11.5 Å². The number of anilines is 1. The van der Waals surface area contributed by atoms with Crippen molar-refractivity contribution in [2.24, 2.45) is 0 Å². The molecular formula is C30H27N7O3. The summed E-state index contributed by atoms with van der Waals surface area (Å²) < 4.78 is 13.5. The van der Waals surface area contributed by atoms with Crippen molar-refractivity contribution in [3.63, 3.8) is 0 Å². The molecule has 10 nitrogen and oxygen atoms in total. The Morgan fingerprint density at radius 1 is 1.20 bits per heavy atom. The van der Waals surface area contributed by atoms with Crippen LogP contribution in [-0.2, 0) is 11.4 Å². The number of benzene rings is 2. The molecule has 0 saturated carbocycles. The van der Waals surface area contributed by atoms with Gasteiger partial charge in [0.1, 0.15) is 48.6 Å². The molecule has 5 rings (SSSR count). The Balaban J connectivity index is 1.32. The molecule has 1 aliphatic rings. The largest absolute Gasteiger partial charge is 0.487 e. The lowest BCUT2D eigenvalue weighted by atomic mass is 10.1. The Bertz CT molecular complexity index is 1650. The number of nitrogen functional groups attached to an aromatic ring is 1. The predicted octanol–water partition coefficient (Wildman–Crippen LogP) is 3.64. The Kier molecular flexibility index (Phi) is 7.89. The topological polar surface area (TPSA) is 132 Å². The van der Waals surface area contributed by atoms with Crippen molar-refractivity contribution in [1.29, 1.82) is 5.26 Å². The highest BCUT2D eigenvalue weighted by atomic mass is 16.5. The van der Waals surface area contributed by atoms with Gasteiger partial charge in [0, 0.05) is 19.2 Å². The van der Waals surface area contributed by atoms with Crippen LogP contribution >= 0.6 is 0 Å². The van der Waals surface area contributed by atoms with Crippen molar-refractivity contribution in [3.8, 4) is 29.4 Å². The molecule has 1 saturated heterocycles. The van der Waals surface area contributed by atoms with E-state index in [9.17, 15) is 10.1 Å². The van der Waals surface area contributed by atoms with Crippen LogP contribution in [-0.4, -0.2) is 50.3 Å². The van der Waals surface area contributed by atoms with Gasteiger partial charge in [-0.25, -0.2) is 14.6 Å². The summed E-state index contributed by atoms with van der Waals surface area (Å²) in [5.41, 5.74) is 8.60. The normalized spacial score (nSPS) is 14.6. The maximum atomic E-state index is 12.2. The van der Waals surface area contributed by atoms with Crippen LogP contribution in [0.4, 0.5) is 5.82 Å². The number of rotatable bonds is 7. The van der Waals surface area contributed by atoms with Crippen LogP contribution in [0.3, 0.4) is 0 Å². The van der Waals surface area contributed by atoms with E-state index in [1.165, 1.54) is 12.4 Å². The Morgan fingerprint density at radius 3 is 2.85 bits per heavy atom. The molecule has 0 aliphatic carbocycles. The molecular weight excluding hydrogens is 506 g/mol. The average Bonchev–Trinajstić information content (AvgIpc) is 3.38. The van der Waals surface area contributed by atoms with Gasteiger partial charge >= 0.3 is 0 Å². The van der Waals surface area contributed by atoms with Crippen LogP contribution < -0.4 is 15.2 Å². The zero-order valence-electron chi connectivity index (χ0n) is 21.8. The lowest BCUT2D eigenvalue weighted by molar-refractivity contribution is -0.127. The van der Waals surface area contributed by atoms with Crippen molar-refractivity contribution in [2.75, 3.05) is 25.4 Å². The fraction of sp³-hybridized carbons (Fsp3) is 0.233. The molecule has 3 heterocycles. The third kappa shape index (κ3) is 5.71. The highest BCUT2D eigenvalue weighted by molar-refractivity contribution is 5.90. The summed E-state index contributed by atoms with van der Waals surface area (Å²) >= 11 is 0. The summed E-state index contributed by atoms with van der Waals surface area (Å²) in [7, 11) is 0. The van der Waals surface area contributed by atoms with E-state index in [-0.39, 0.29) is 24.4 Å². The van der Waals surface area contributed by atoms with E-state index in [4.69, 9.17) is 20.3 Å². The van der Waals surface area contributed by atoms with Crippen molar-refractivity contribution in [1.82, 2.24) is 24.6 Å². The number of aromatic nitrogens is 4. The third-order valence-corrected chi connectivity index (χ3v) is 6.58. The van der Waals surface area contributed by atoms with Gasteiger partial charge in [-0.15, -0.1) is 0 Å². The number of fused-ring (bicyclic) bond motifs is 1. The first-order valence-electron chi connectivity index (χ1n) is 12.8. The number of nitriles is 1. The van der Waals surface area contributed by atoms with E-state index in [1.807, 2.05) is 30.3 Å². The monoisotopic (exact) mass is 533 g/mol. The molecule has 200 valence electrons. The van der Waals surface area contributed by atoms with E-state index in [1.54, 1.807) is 27.8 Å². The van der Waals surface area contributed by atoms with Gasteiger partial charge in [0.15, 0.2) is 5.65 Å². The fourth-order valence-corrected chi connectivity index (χ4v) is 4.60. The number of nitrogens with two attached hydrogens (primary N) is 1. The molecule has 10 heteroatoms. The zero-order valence-corrected chi connectivity index (χ0v) is 21.8. The number of ether oxygens (including phenoxy) is 2. The van der Waals surface area contributed by atoms with Gasteiger partial charge in [0.25, 0.3) is 0 Å².